The van der Waals surface area contributed by atoms with E-state index in [4.69, 9.17) is 10.2 Å². The lowest BCUT2D eigenvalue weighted by atomic mass is 10.1. The molecule has 2 aromatic heterocycles. The van der Waals surface area contributed by atoms with Crippen LogP contribution in [0, 0.1) is 0 Å². The van der Waals surface area contributed by atoms with Crippen molar-refractivity contribution in [2.24, 2.45) is 0 Å². The number of nitrogens with two attached hydrogens (primary N) is 1. The molecule has 2 N–H and O–H groups in total. The van der Waals surface area contributed by atoms with Crippen molar-refractivity contribution in [2.75, 3.05) is 5.73 Å². The zero-order valence-corrected chi connectivity index (χ0v) is 13.6. The quantitative estimate of drug-likeness (QED) is 0.368. The molecule has 2 heterocycles. The minimum absolute atomic E-state index is 0.0580. The molecule has 0 bridgehead atoms. The van der Waals surface area contributed by atoms with Gasteiger partial charge in [0.2, 0.25) is 0 Å². The Morgan fingerprint density at radius 1 is 0.778 bits per heavy atom. The van der Waals surface area contributed by atoms with Crippen LogP contribution in [0.3, 0.4) is 0 Å². The normalized spacial score (nSPS) is 11.2. The van der Waals surface area contributed by atoms with E-state index in [0.29, 0.717) is 17.3 Å². The van der Waals surface area contributed by atoms with Gasteiger partial charge < -0.3 is 14.6 Å². The summed E-state index contributed by atoms with van der Waals surface area (Å²) in [5.41, 5.74) is 4.26. The highest BCUT2D eigenvalue weighted by Gasteiger charge is 2.33. The van der Waals surface area contributed by atoms with E-state index in [1.54, 1.807) is 18.2 Å². The monoisotopic (exact) mass is 375 g/mol. The number of alkyl halides is 3. The lowest BCUT2D eigenvalue weighted by Gasteiger charge is -2.08. The number of rotatable bonds is 0. The number of hydrogen-bond donors (Lipinski definition) is 1. The second-order valence-electron chi connectivity index (χ2n) is 5.52. The number of anilines is 1. The van der Waals surface area contributed by atoms with Crippen molar-refractivity contribution in [2.45, 2.75) is 6.18 Å². The number of benzene rings is 2. The fourth-order valence-corrected chi connectivity index (χ4v) is 2.42. The summed E-state index contributed by atoms with van der Waals surface area (Å²) in [4.78, 5) is 21.7. The zero-order valence-electron chi connectivity index (χ0n) is 13.6. The molecule has 5 nitrogen and oxygen atoms in total. The van der Waals surface area contributed by atoms with E-state index in [2.05, 4.69) is 4.42 Å². The maximum absolute atomic E-state index is 12.5. The smallest absolute Gasteiger partial charge is 0.417 e. The molecule has 4 aromatic rings. The van der Waals surface area contributed by atoms with Crippen molar-refractivity contribution in [1.82, 2.24) is 0 Å². The average molecular weight is 375 g/mol. The van der Waals surface area contributed by atoms with E-state index in [-0.39, 0.29) is 16.6 Å². The first-order valence-electron chi connectivity index (χ1n) is 7.63. The van der Waals surface area contributed by atoms with Gasteiger partial charge in [0, 0.05) is 34.7 Å². The van der Waals surface area contributed by atoms with Gasteiger partial charge >= 0.3 is 17.4 Å². The van der Waals surface area contributed by atoms with Crippen LogP contribution in [0.4, 0.5) is 18.9 Å². The van der Waals surface area contributed by atoms with E-state index >= 15 is 0 Å². The highest BCUT2D eigenvalue weighted by atomic mass is 19.4. The molecule has 0 saturated carbocycles. The molecule has 0 aliphatic rings. The molecular formula is C19H12F3NO4. The third kappa shape index (κ3) is 4.17. The van der Waals surface area contributed by atoms with Crippen LogP contribution in [0.25, 0.3) is 21.9 Å². The number of nitrogen functional groups attached to an aromatic ring is 1. The Morgan fingerprint density at radius 3 is 2.19 bits per heavy atom. The van der Waals surface area contributed by atoms with Crippen LogP contribution in [0.1, 0.15) is 5.56 Å². The summed E-state index contributed by atoms with van der Waals surface area (Å²) in [5.74, 6) is 0. The maximum Gasteiger partial charge on any atom is 0.417 e. The highest BCUT2D eigenvalue weighted by molar-refractivity contribution is 5.80. The predicted octanol–water partition coefficient (Wildman–Crippen LogP) is 4.19. The first kappa shape index (κ1) is 18.2. The Morgan fingerprint density at radius 2 is 1.44 bits per heavy atom. The van der Waals surface area contributed by atoms with Crippen molar-refractivity contribution in [3.8, 4) is 0 Å². The first-order chi connectivity index (χ1) is 12.7. The molecule has 8 heteroatoms. The highest BCUT2D eigenvalue weighted by Crippen LogP contribution is 2.33. The minimum Gasteiger partial charge on any atom is -0.423 e. The summed E-state index contributed by atoms with van der Waals surface area (Å²) in [7, 11) is 0. The van der Waals surface area contributed by atoms with Gasteiger partial charge in [-0.3, -0.25) is 0 Å². The molecule has 0 spiro atoms. The average Bonchev–Trinajstić information content (AvgIpc) is 2.60. The van der Waals surface area contributed by atoms with Gasteiger partial charge in [-0.25, -0.2) is 9.59 Å². The lowest BCUT2D eigenvalue weighted by Crippen LogP contribution is -2.10. The van der Waals surface area contributed by atoms with Crippen LogP contribution in [-0.2, 0) is 6.18 Å². The summed E-state index contributed by atoms with van der Waals surface area (Å²) in [6.45, 7) is 0. The Labute approximate surface area is 149 Å². The summed E-state index contributed by atoms with van der Waals surface area (Å²) in [6, 6.07) is 14.3. The molecular weight excluding hydrogens is 363 g/mol. The zero-order chi connectivity index (χ0) is 19.6. The molecule has 0 saturated heterocycles. The van der Waals surface area contributed by atoms with Crippen molar-refractivity contribution in [3.05, 3.63) is 87.1 Å². The van der Waals surface area contributed by atoms with Crippen LogP contribution < -0.4 is 17.0 Å². The van der Waals surface area contributed by atoms with Gasteiger partial charge in [-0.15, -0.1) is 0 Å². The molecule has 0 amide bonds. The summed E-state index contributed by atoms with van der Waals surface area (Å²) >= 11 is 0. The number of para-hydroxylation sites is 1. The second kappa shape index (κ2) is 6.99. The molecule has 0 radical (unpaired) electrons. The van der Waals surface area contributed by atoms with Crippen molar-refractivity contribution >= 4 is 27.6 Å². The van der Waals surface area contributed by atoms with Crippen LogP contribution in [0.5, 0.6) is 0 Å². The first-order valence-corrected chi connectivity index (χ1v) is 7.63. The van der Waals surface area contributed by atoms with Crippen molar-refractivity contribution in [1.29, 1.82) is 0 Å². The van der Waals surface area contributed by atoms with E-state index in [1.807, 2.05) is 6.07 Å². The second-order valence-corrected chi connectivity index (χ2v) is 5.52. The van der Waals surface area contributed by atoms with E-state index in [0.717, 1.165) is 5.39 Å². The molecule has 0 fully saturated rings. The standard InChI is InChI=1S/C10H5F3O2.C9H7NO2/c11-10(12,13)7-5-9(14)15-8-4-2-1-3-6(7)8;10-7-3-1-6-2-4-9(11)12-8(6)5-7/h1-5H;1-5H,10H2. The molecule has 27 heavy (non-hydrogen) atoms. The minimum atomic E-state index is -4.55. The third-order valence-corrected chi connectivity index (χ3v) is 3.60. The Bertz CT molecular complexity index is 1230. The summed E-state index contributed by atoms with van der Waals surface area (Å²) in [5, 5.41) is 0.772. The molecule has 4 rings (SSSR count). The van der Waals surface area contributed by atoms with Crippen LogP contribution >= 0.6 is 0 Å². The van der Waals surface area contributed by atoms with Crippen LogP contribution in [0.15, 0.2) is 79.1 Å². The number of halogens is 3. The fraction of sp³-hybridized carbons (Fsp3) is 0.0526. The maximum atomic E-state index is 12.5. The molecule has 0 aliphatic heterocycles. The van der Waals surface area contributed by atoms with E-state index < -0.39 is 17.4 Å². The van der Waals surface area contributed by atoms with Crippen LogP contribution in [0.2, 0.25) is 0 Å². The lowest BCUT2D eigenvalue weighted by molar-refractivity contribution is -0.136. The molecule has 138 valence electrons. The summed E-state index contributed by atoms with van der Waals surface area (Å²) in [6.07, 6.45) is -4.55. The Balaban J connectivity index is 0.000000159. The predicted molar refractivity (Wildman–Crippen MR) is 94.4 cm³/mol. The molecule has 0 atom stereocenters. The van der Waals surface area contributed by atoms with Crippen molar-refractivity contribution < 1.29 is 22.0 Å². The number of hydrogen-bond acceptors (Lipinski definition) is 5. The fourth-order valence-electron chi connectivity index (χ4n) is 2.42. The molecule has 0 aliphatic carbocycles. The third-order valence-electron chi connectivity index (χ3n) is 3.60. The topological polar surface area (TPSA) is 86.4 Å². The number of fused-ring (bicyclic) bond motifs is 2. The molecule has 0 unspecified atom stereocenters. The van der Waals surface area contributed by atoms with Gasteiger partial charge in [0.25, 0.3) is 0 Å². The van der Waals surface area contributed by atoms with Gasteiger partial charge in [-0.05, 0) is 24.3 Å². The van der Waals surface area contributed by atoms with Gasteiger partial charge in [-0.1, -0.05) is 18.2 Å². The van der Waals surface area contributed by atoms with Crippen molar-refractivity contribution in [3.63, 3.8) is 0 Å². The van der Waals surface area contributed by atoms with Gasteiger partial charge in [0.1, 0.15) is 11.2 Å². The summed E-state index contributed by atoms with van der Waals surface area (Å²) < 4.78 is 47.1. The Kier molecular flexibility index (Phi) is 4.72. The van der Waals surface area contributed by atoms with Gasteiger partial charge in [0.05, 0.1) is 5.56 Å². The van der Waals surface area contributed by atoms with Crippen LogP contribution in [-0.4, -0.2) is 0 Å². The largest absolute Gasteiger partial charge is 0.423 e. The molecule has 2 aromatic carbocycles. The van der Waals surface area contributed by atoms with Gasteiger partial charge in [0.15, 0.2) is 0 Å². The van der Waals surface area contributed by atoms with E-state index in [9.17, 15) is 22.8 Å². The van der Waals surface area contributed by atoms with E-state index in [1.165, 1.54) is 30.3 Å². The van der Waals surface area contributed by atoms with Gasteiger partial charge in [-0.2, -0.15) is 13.2 Å². The Hall–Kier alpha value is -3.55. The SMILES string of the molecule is Nc1ccc2ccc(=O)oc2c1.O=c1cc(C(F)(F)F)c2ccccc2o1.